The van der Waals surface area contributed by atoms with Crippen LogP contribution in [-0.2, 0) is 21.4 Å². The van der Waals surface area contributed by atoms with Gasteiger partial charge in [0, 0.05) is 13.0 Å². The molecule has 152 valence electrons. The van der Waals surface area contributed by atoms with Gasteiger partial charge in [0.05, 0.1) is 23.4 Å². The summed E-state index contributed by atoms with van der Waals surface area (Å²) in [6.45, 7) is 4.13. The van der Waals surface area contributed by atoms with Crippen LogP contribution in [0.4, 0.5) is 5.69 Å². The van der Waals surface area contributed by atoms with Gasteiger partial charge in [0.15, 0.2) is 0 Å². The smallest absolute Gasteiger partial charge is 0.264 e. The highest BCUT2D eigenvalue weighted by Crippen LogP contribution is 2.24. The van der Waals surface area contributed by atoms with Crippen LogP contribution in [0.15, 0.2) is 76.2 Å². The van der Waals surface area contributed by atoms with Crippen molar-refractivity contribution in [2.45, 2.75) is 31.7 Å². The highest BCUT2D eigenvalue weighted by molar-refractivity contribution is 7.92. The standard InChI is InChI=1S/C22H24N2O4S/c1-17-5-9-19(10-6-17)24(29(26,27)21-11-7-18(2)8-12-21)14-13-22(25)23-16-20-4-3-15-28-20/h3-12,15H,13-14,16H2,1-2H3,(H,23,25). The molecule has 0 aliphatic carbocycles. The molecule has 1 N–H and O–H groups in total. The third-order valence-electron chi connectivity index (χ3n) is 4.51. The number of hydrogen-bond donors (Lipinski definition) is 1. The summed E-state index contributed by atoms with van der Waals surface area (Å²) in [7, 11) is -3.80. The first kappa shape index (κ1) is 20.7. The Morgan fingerprint density at radius 3 is 2.17 bits per heavy atom. The molecule has 1 amide bonds. The van der Waals surface area contributed by atoms with Gasteiger partial charge in [0.1, 0.15) is 5.76 Å². The number of sulfonamides is 1. The van der Waals surface area contributed by atoms with E-state index in [0.29, 0.717) is 11.4 Å². The fourth-order valence-electron chi connectivity index (χ4n) is 2.83. The third-order valence-corrected chi connectivity index (χ3v) is 6.35. The highest BCUT2D eigenvalue weighted by atomic mass is 32.2. The lowest BCUT2D eigenvalue weighted by molar-refractivity contribution is -0.121. The van der Waals surface area contributed by atoms with Gasteiger partial charge >= 0.3 is 0 Å². The zero-order chi connectivity index (χ0) is 20.9. The number of furan rings is 1. The van der Waals surface area contributed by atoms with Crippen LogP contribution in [0.1, 0.15) is 23.3 Å². The summed E-state index contributed by atoms with van der Waals surface area (Å²) >= 11 is 0. The summed E-state index contributed by atoms with van der Waals surface area (Å²) in [6.07, 6.45) is 1.56. The number of nitrogens with zero attached hydrogens (tertiary/aromatic N) is 1. The molecule has 0 bridgehead atoms. The number of aryl methyl sites for hydroxylation is 2. The molecule has 0 aliphatic rings. The Kier molecular flexibility index (Phi) is 6.39. The Morgan fingerprint density at radius 1 is 0.966 bits per heavy atom. The number of anilines is 1. The fraction of sp³-hybridized carbons (Fsp3) is 0.227. The van der Waals surface area contributed by atoms with Crippen LogP contribution in [-0.4, -0.2) is 20.9 Å². The monoisotopic (exact) mass is 412 g/mol. The van der Waals surface area contributed by atoms with Crippen molar-refractivity contribution in [3.05, 3.63) is 83.8 Å². The number of hydrogen-bond acceptors (Lipinski definition) is 4. The van der Waals surface area contributed by atoms with Crippen LogP contribution >= 0.6 is 0 Å². The van der Waals surface area contributed by atoms with Crippen LogP contribution in [0.5, 0.6) is 0 Å². The minimum absolute atomic E-state index is 0.0275. The molecule has 0 saturated carbocycles. The molecule has 2 aromatic carbocycles. The van der Waals surface area contributed by atoms with Crippen LogP contribution in [0, 0.1) is 13.8 Å². The number of carbonyl (C=O) groups excluding carboxylic acids is 1. The average Bonchev–Trinajstić information content (AvgIpc) is 3.22. The van der Waals surface area contributed by atoms with Crippen LogP contribution in [0.3, 0.4) is 0 Å². The van der Waals surface area contributed by atoms with Gasteiger partial charge in [0.2, 0.25) is 5.91 Å². The molecule has 3 aromatic rings. The maximum atomic E-state index is 13.3. The molecule has 0 spiro atoms. The highest BCUT2D eigenvalue weighted by Gasteiger charge is 2.25. The van der Waals surface area contributed by atoms with Crippen molar-refractivity contribution in [3.8, 4) is 0 Å². The van der Waals surface area contributed by atoms with Crippen molar-refractivity contribution in [1.29, 1.82) is 0 Å². The van der Waals surface area contributed by atoms with Crippen molar-refractivity contribution < 1.29 is 17.6 Å². The summed E-state index contributed by atoms with van der Waals surface area (Å²) in [5.41, 5.74) is 2.52. The van der Waals surface area contributed by atoms with E-state index in [1.54, 1.807) is 48.5 Å². The van der Waals surface area contributed by atoms with Gasteiger partial charge in [-0.25, -0.2) is 8.42 Å². The van der Waals surface area contributed by atoms with Crippen molar-refractivity contribution in [3.63, 3.8) is 0 Å². The molecule has 7 heteroatoms. The minimum atomic E-state index is -3.80. The van der Waals surface area contributed by atoms with E-state index in [1.807, 2.05) is 26.0 Å². The third kappa shape index (κ3) is 5.26. The fourth-order valence-corrected chi connectivity index (χ4v) is 4.29. The molecule has 29 heavy (non-hydrogen) atoms. The second-order valence-electron chi connectivity index (χ2n) is 6.83. The first-order valence-corrected chi connectivity index (χ1v) is 10.8. The van der Waals surface area contributed by atoms with E-state index in [-0.39, 0.29) is 30.3 Å². The first-order valence-electron chi connectivity index (χ1n) is 9.31. The van der Waals surface area contributed by atoms with Crippen LogP contribution in [0.25, 0.3) is 0 Å². The molecular formula is C22H24N2O4S. The largest absolute Gasteiger partial charge is 0.467 e. The Labute approximate surface area is 171 Å². The summed E-state index contributed by atoms with van der Waals surface area (Å²) in [5.74, 6) is 0.388. The predicted octanol–water partition coefficient (Wildman–Crippen LogP) is 3.80. The lowest BCUT2D eigenvalue weighted by atomic mass is 10.2. The number of amides is 1. The number of nitrogens with one attached hydrogen (secondary N) is 1. The molecule has 0 saturated heterocycles. The number of rotatable bonds is 8. The van der Waals surface area contributed by atoms with E-state index >= 15 is 0 Å². The van der Waals surface area contributed by atoms with E-state index in [4.69, 9.17) is 4.42 Å². The van der Waals surface area contributed by atoms with Crippen molar-refractivity contribution in [2.24, 2.45) is 0 Å². The normalized spacial score (nSPS) is 11.2. The molecule has 0 fully saturated rings. The molecule has 0 atom stereocenters. The van der Waals surface area contributed by atoms with E-state index < -0.39 is 10.0 Å². The minimum Gasteiger partial charge on any atom is -0.467 e. The van der Waals surface area contributed by atoms with Gasteiger partial charge < -0.3 is 9.73 Å². The summed E-state index contributed by atoms with van der Waals surface area (Å²) in [6, 6.07) is 17.4. The molecule has 0 aliphatic heterocycles. The Balaban J connectivity index is 1.78. The van der Waals surface area contributed by atoms with Gasteiger partial charge in [-0.1, -0.05) is 35.4 Å². The second kappa shape index (κ2) is 8.96. The Hall–Kier alpha value is -3.06. The second-order valence-corrected chi connectivity index (χ2v) is 8.69. The van der Waals surface area contributed by atoms with Gasteiger partial charge in [-0.15, -0.1) is 0 Å². The molecule has 1 aromatic heterocycles. The van der Waals surface area contributed by atoms with Gasteiger partial charge in [-0.3, -0.25) is 9.10 Å². The SMILES string of the molecule is Cc1ccc(N(CCC(=O)NCc2ccco2)S(=O)(=O)c2ccc(C)cc2)cc1. The molecule has 6 nitrogen and oxygen atoms in total. The van der Waals surface area contributed by atoms with Gasteiger partial charge in [0.25, 0.3) is 10.0 Å². The Morgan fingerprint density at radius 2 is 1.59 bits per heavy atom. The van der Waals surface area contributed by atoms with Crippen molar-refractivity contribution in [1.82, 2.24) is 5.32 Å². The lowest BCUT2D eigenvalue weighted by Crippen LogP contribution is -2.35. The van der Waals surface area contributed by atoms with Gasteiger partial charge in [-0.05, 0) is 50.2 Å². The number of benzene rings is 2. The van der Waals surface area contributed by atoms with Crippen molar-refractivity contribution in [2.75, 3.05) is 10.8 Å². The quantitative estimate of drug-likeness (QED) is 0.610. The van der Waals surface area contributed by atoms with Crippen LogP contribution in [0.2, 0.25) is 0 Å². The first-order chi connectivity index (χ1) is 13.9. The summed E-state index contributed by atoms with van der Waals surface area (Å²) in [4.78, 5) is 12.5. The topological polar surface area (TPSA) is 79.6 Å². The maximum absolute atomic E-state index is 13.3. The summed E-state index contributed by atoms with van der Waals surface area (Å²) in [5, 5.41) is 2.75. The molecule has 1 heterocycles. The lowest BCUT2D eigenvalue weighted by Gasteiger charge is -2.24. The van der Waals surface area contributed by atoms with E-state index in [0.717, 1.165) is 11.1 Å². The van der Waals surface area contributed by atoms with E-state index in [1.165, 1.54) is 10.6 Å². The van der Waals surface area contributed by atoms with Crippen LogP contribution < -0.4 is 9.62 Å². The van der Waals surface area contributed by atoms with Crippen molar-refractivity contribution >= 4 is 21.6 Å². The molecule has 0 radical (unpaired) electrons. The maximum Gasteiger partial charge on any atom is 0.264 e. The molecule has 0 unspecified atom stereocenters. The zero-order valence-corrected chi connectivity index (χ0v) is 17.3. The van der Waals surface area contributed by atoms with E-state index in [2.05, 4.69) is 5.32 Å². The average molecular weight is 413 g/mol. The molecular weight excluding hydrogens is 388 g/mol. The zero-order valence-electron chi connectivity index (χ0n) is 16.5. The van der Waals surface area contributed by atoms with Gasteiger partial charge in [-0.2, -0.15) is 0 Å². The predicted molar refractivity (Wildman–Crippen MR) is 112 cm³/mol. The molecule has 3 rings (SSSR count). The number of carbonyl (C=O) groups is 1. The van der Waals surface area contributed by atoms with E-state index in [9.17, 15) is 13.2 Å². The Bertz CT molecular complexity index is 1040. The summed E-state index contributed by atoms with van der Waals surface area (Å²) < 4.78 is 33.0.